The number of nitrogens with zero attached hydrogens (tertiary/aromatic N) is 2. The van der Waals surface area contributed by atoms with Gasteiger partial charge in [-0.1, -0.05) is 5.16 Å². The molecule has 0 atom stereocenters. The number of anilines is 1. The normalized spacial score (nSPS) is 11.0. The summed E-state index contributed by atoms with van der Waals surface area (Å²) >= 11 is 1.13. The second-order valence-electron chi connectivity index (χ2n) is 2.76. The molecule has 0 saturated heterocycles. The maximum atomic E-state index is 11.5. The highest BCUT2D eigenvalue weighted by Gasteiger charge is 2.17. The fraction of sp³-hybridized carbons (Fsp3) is 0.250. The zero-order valence-electron chi connectivity index (χ0n) is 8.84. The van der Waals surface area contributed by atoms with E-state index in [1.54, 1.807) is 0 Å². The average Bonchev–Trinajstić information content (AvgIpc) is 2.69. The van der Waals surface area contributed by atoms with E-state index in [9.17, 15) is 9.59 Å². The first-order valence-electron chi connectivity index (χ1n) is 4.39. The fourth-order valence-corrected chi connectivity index (χ4v) is 1.42. The molecule has 1 rings (SSSR count). The molecular formula is C8H10N4O4S. The van der Waals surface area contributed by atoms with E-state index in [1.807, 2.05) is 0 Å². The Kier molecular flexibility index (Phi) is 4.40. The van der Waals surface area contributed by atoms with Crippen molar-refractivity contribution in [2.45, 2.75) is 0 Å². The van der Waals surface area contributed by atoms with Crippen molar-refractivity contribution in [1.82, 2.24) is 10.3 Å². The van der Waals surface area contributed by atoms with Gasteiger partial charge in [-0.05, 0) is 0 Å². The van der Waals surface area contributed by atoms with E-state index in [2.05, 4.69) is 20.3 Å². The molecule has 4 N–H and O–H groups in total. The number of aliphatic carboxylic acids is 1. The fourth-order valence-electron chi connectivity index (χ4n) is 0.871. The van der Waals surface area contributed by atoms with Crippen LogP contribution in [0.2, 0.25) is 0 Å². The van der Waals surface area contributed by atoms with Crippen molar-refractivity contribution in [2.75, 3.05) is 19.4 Å². The number of carbonyl (C=O) groups excluding carboxylic acids is 1. The first kappa shape index (κ1) is 12.9. The summed E-state index contributed by atoms with van der Waals surface area (Å²) in [6.45, 7) is -0.639. The van der Waals surface area contributed by atoms with Gasteiger partial charge in [-0.3, -0.25) is 4.79 Å². The number of hydrogen-bond acceptors (Lipinski definition) is 7. The summed E-state index contributed by atoms with van der Waals surface area (Å²) in [6.07, 6.45) is 0. The number of amides is 1. The smallest absolute Gasteiger partial charge is 0.344 e. The first-order valence-corrected chi connectivity index (χ1v) is 5.27. The number of thiazole rings is 1. The van der Waals surface area contributed by atoms with Crippen LogP contribution >= 0.6 is 11.3 Å². The lowest BCUT2D eigenvalue weighted by atomic mass is 10.3. The number of nitrogens with two attached hydrogens (primary N) is 1. The van der Waals surface area contributed by atoms with Crippen LogP contribution in [0.15, 0.2) is 10.5 Å². The summed E-state index contributed by atoms with van der Waals surface area (Å²) in [6, 6.07) is 0. The Hall–Kier alpha value is -2.16. The highest BCUT2D eigenvalue weighted by molar-refractivity contribution is 7.13. The monoisotopic (exact) mass is 258 g/mol. The summed E-state index contributed by atoms with van der Waals surface area (Å²) in [4.78, 5) is 30.0. The molecule has 0 radical (unpaired) electrons. The summed E-state index contributed by atoms with van der Waals surface area (Å²) < 4.78 is 0. The molecule has 0 bridgehead atoms. The SMILES string of the molecule is CNC(=O)/C(=N/OCC(=O)O)c1csc(N)n1. The number of hydrogen-bond donors (Lipinski definition) is 3. The van der Waals surface area contributed by atoms with Gasteiger partial charge in [0.05, 0.1) is 0 Å². The number of carboxylic acid groups (broad SMARTS) is 1. The zero-order chi connectivity index (χ0) is 12.8. The third-order valence-electron chi connectivity index (χ3n) is 1.55. The largest absolute Gasteiger partial charge is 0.479 e. The van der Waals surface area contributed by atoms with Gasteiger partial charge in [-0.25, -0.2) is 9.78 Å². The lowest BCUT2D eigenvalue weighted by Crippen LogP contribution is -2.29. The van der Waals surface area contributed by atoms with Crippen LogP contribution in [0.1, 0.15) is 5.69 Å². The van der Waals surface area contributed by atoms with Gasteiger partial charge in [0.25, 0.3) is 5.91 Å². The molecule has 0 aromatic carbocycles. The van der Waals surface area contributed by atoms with Crippen molar-refractivity contribution in [3.63, 3.8) is 0 Å². The Morgan fingerprint density at radius 1 is 1.71 bits per heavy atom. The number of carboxylic acids is 1. The molecule has 0 spiro atoms. The van der Waals surface area contributed by atoms with Gasteiger partial charge in [-0.15, -0.1) is 11.3 Å². The predicted molar refractivity (Wildman–Crippen MR) is 60.7 cm³/mol. The van der Waals surface area contributed by atoms with E-state index < -0.39 is 18.5 Å². The molecule has 9 heteroatoms. The Balaban J connectivity index is 2.88. The highest BCUT2D eigenvalue weighted by Crippen LogP contribution is 2.12. The second kappa shape index (κ2) is 5.80. The number of likely N-dealkylation sites (N-methyl/N-ethyl adjacent to an activating group) is 1. The van der Waals surface area contributed by atoms with Gasteiger partial charge in [0.2, 0.25) is 6.61 Å². The molecule has 1 amide bonds. The molecule has 17 heavy (non-hydrogen) atoms. The van der Waals surface area contributed by atoms with Crippen LogP contribution in [0.3, 0.4) is 0 Å². The van der Waals surface area contributed by atoms with Gasteiger partial charge in [0.1, 0.15) is 5.69 Å². The number of rotatable bonds is 5. The van der Waals surface area contributed by atoms with E-state index in [-0.39, 0.29) is 16.5 Å². The minimum Gasteiger partial charge on any atom is -0.479 e. The molecule has 1 aromatic rings. The number of carbonyl (C=O) groups is 2. The van der Waals surface area contributed by atoms with Gasteiger partial charge >= 0.3 is 5.97 Å². The summed E-state index contributed by atoms with van der Waals surface area (Å²) in [5, 5.41) is 15.9. The lowest BCUT2D eigenvalue weighted by Gasteiger charge is -2.01. The third kappa shape index (κ3) is 3.72. The number of oxime groups is 1. The quantitative estimate of drug-likeness (QED) is 0.472. The lowest BCUT2D eigenvalue weighted by molar-refractivity contribution is -0.142. The topological polar surface area (TPSA) is 127 Å². The van der Waals surface area contributed by atoms with Gasteiger partial charge in [-0.2, -0.15) is 0 Å². The molecule has 0 aliphatic heterocycles. The van der Waals surface area contributed by atoms with Crippen molar-refractivity contribution in [2.24, 2.45) is 5.16 Å². The molecular weight excluding hydrogens is 248 g/mol. The van der Waals surface area contributed by atoms with Gasteiger partial charge in [0.15, 0.2) is 10.8 Å². The predicted octanol–water partition coefficient (Wildman–Crippen LogP) is -0.723. The van der Waals surface area contributed by atoms with Crippen LogP contribution in [0.4, 0.5) is 5.13 Å². The number of aromatic nitrogens is 1. The van der Waals surface area contributed by atoms with Gasteiger partial charge < -0.3 is 21.0 Å². The molecule has 0 unspecified atom stereocenters. The molecule has 1 aromatic heterocycles. The van der Waals surface area contributed by atoms with E-state index in [4.69, 9.17) is 10.8 Å². The van der Waals surface area contributed by atoms with Crippen molar-refractivity contribution in [3.05, 3.63) is 11.1 Å². The maximum Gasteiger partial charge on any atom is 0.344 e. The summed E-state index contributed by atoms with van der Waals surface area (Å²) in [5.41, 5.74) is 5.53. The van der Waals surface area contributed by atoms with Crippen LogP contribution in [0.25, 0.3) is 0 Å². The van der Waals surface area contributed by atoms with Crippen molar-refractivity contribution in [3.8, 4) is 0 Å². The van der Waals surface area contributed by atoms with Crippen LogP contribution in [0.5, 0.6) is 0 Å². The average molecular weight is 258 g/mol. The van der Waals surface area contributed by atoms with Crippen LogP contribution in [0, 0.1) is 0 Å². The number of nitrogens with one attached hydrogen (secondary N) is 1. The molecule has 1 heterocycles. The molecule has 0 aliphatic rings. The van der Waals surface area contributed by atoms with Crippen molar-refractivity contribution >= 4 is 34.1 Å². The molecule has 0 saturated carbocycles. The molecule has 0 fully saturated rings. The number of nitrogen functional groups attached to an aromatic ring is 1. The Morgan fingerprint density at radius 2 is 2.41 bits per heavy atom. The highest BCUT2D eigenvalue weighted by atomic mass is 32.1. The van der Waals surface area contributed by atoms with Crippen LogP contribution in [-0.4, -0.2) is 41.3 Å². The minimum absolute atomic E-state index is 0.123. The second-order valence-corrected chi connectivity index (χ2v) is 3.65. The molecule has 8 nitrogen and oxygen atoms in total. The zero-order valence-corrected chi connectivity index (χ0v) is 9.65. The van der Waals surface area contributed by atoms with E-state index in [0.717, 1.165) is 11.3 Å². The van der Waals surface area contributed by atoms with Crippen LogP contribution < -0.4 is 11.1 Å². The van der Waals surface area contributed by atoms with Crippen molar-refractivity contribution < 1.29 is 19.5 Å². The Morgan fingerprint density at radius 3 is 2.88 bits per heavy atom. The Bertz CT molecular complexity index is 456. The van der Waals surface area contributed by atoms with E-state index in [1.165, 1.54) is 12.4 Å². The summed E-state index contributed by atoms with van der Waals surface area (Å²) in [7, 11) is 1.41. The molecule has 0 aliphatic carbocycles. The summed E-state index contributed by atoms with van der Waals surface area (Å²) in [5.74, 6) is -1.73. The van der Waals surface area contributed by atoms with E-state index in [0.29, 0.717) is 0 Å². The van der Waals surface area contributed by atoms with Gasteiger partial charge in [0, 0.05) is 12.4 Å². The Labute approximate surface area is 100 Å². The maximum absolute atomic E-state index is 11.5. The van der Waals surface area contributed by atoms with Crippen molar-refractivity contribution in [1.29, 1.82) is 0 Å². The molecule has 92 valence electrons. The third-order valence-corrected chi connectivity index (χ3v) is 2.22. The first-order chi connectivity index (χ1) is 8.04. The van der Waals surface area contributed by atoms with E-state index >= 15 is 0 Å². The van der Waals surface area contributed by atoms with Crippen LogP contribution in [-0.2, 0) is 14.4 Å². The standard InChI is InChI=1S/C8H10N4O4S/c1-10-7(15)6(12-16-2-5(13)14)4-3-17-8(9)11-4/h3H,2H2,1H3,(H2,9,11)(H,10,15)(H,13,14)/b12-6+. The minimum atomic E-state index is -1.19.